The van der Waals surface area contributed by atoms with E-state index in [2.05, 4.69) is 20.8 Å². The van der Waals surface area contributed by atoms with Crippen LogP contribution in [-0.4, -0.2) is 37.7 Å². The summed E-state index contributed by atoms with van der Waals surface area (Å²) < 4.78 is 5.25. The molecule has 0 aliphatic heterocycles. The van der Waals surface area contributed by atoms with Crippen molar-refractivity contribution in [3.05, 3.63) is 0 Å². The molecule has 0 heterocycles. The van der Waals surface area contributed by atoms with Crippen molar-refractivity contribution in [1.82, 2.24) is 4.90 Å². The third kappa shape index (κ3) is 13.4. The summed E-state index contributed by atoms with van der Waals surface area (Å²) in [6.45, 7) is 7.88. The van der Waals surface area contributed by atoms with E-state index in [1.54, 1.807) is 7.05 Å². The van der Waals surface area contributed by atoms with E-state index in [1.165, 1.54) is 11.3 Å². The number of rotatable bonds is 7. The molecular weight excluding hydrogens is 204 g/mol. The first-order valence-corrected chi connectivity index (χ1v) is 6.15. The zero-order valence-corrected chi connectivity index (χ0v) is 11.3. The fraction of sp³-hybridized carbons (Fsp3) is 0.917. The van der Waals surface area contributed by atoms with Crippen molar-refractivity contribution < 1.29 is 9.53 Å². The highest BCUT2D eigenvalue weighted by Gasteiger charge is 2.05. The first kappa shape index (κ1) is 17.8. The lowest BCUT2D eigenvalue weighted by Gasteiger charge is -2.13. The summed E-state index contributed by atoms with van der Waals surface area (Å²) in [7, 11) is 1.69. The van der Waals surface area contributed by atoms with Crippen molar-refractivity contribution >= 4 is 5.91 Å². The molecule has 16 heavy (non-hydrogen) atoms. The second kappa shape index (κ2) is 14.4. The van der Waals surface area contributed by atoms with Gasteiger partial charge in [-0.2, -0.15) is 0 Å². The van der Waals surface area contributed by atoms with Crippen LogP contribution in [0.4, 0.5) is 0 Å². The first-order chi connectivity index (χ1) is 7.63. The van der Waals surface area contributed by atoms with Crippen LogP contribution >= 0.6 is 0 Å². The Morgan fingerprint density at radius 1 is 1.25 bits per heavy atom. The van der Waals surface area contributed by atoms with E-state index in [4.69, 9.17) is 10.5 Å². The van der Waals surface area contributed by atoms with Gasteiger partial charge in [0, 0.05) is 13.7 Å². The minimum Gasteiger partial charge on any atom is -0.381 e. The number of nitrogens with two attached hydrogens (primary N) is 1. The van der Waals surface area contributed by atoms with E-state index in [0.29, 0.717) is 13.0 Å². The summed E-state index contributed by atoms with van der Waals surface area (Å²) in [4.78, 5) is 12.7. The fourth-order valence-corrected chi connectivity index (χ4v) is 0.801. The van der Waals surface area contributed by atoms with Gasteiger partial charge in [-0.05, 0) is 6.42 Å². The average molecular weight is 232 g/mol. The van der Waals surface area contributed by atoms with Crippen LogP contribution in [-0.2, 0) is 9.53 Å². The molecule has 0 unspecified atom stereocenters. The molecule has 0 spiro atoms. The molecule has 0 bridgehead atoms. The van der Waals surface area contributed by atoms with Crippen LogP contribution in [0.25, 0.3) is 0 Å². The zero-order valence-electron chi connectivity index (χ0n) is 11.3. The Balaban J connectivity index is 0. The van der Waals surface area contributed by atoms with Crippen molar-refractivity contribution in [2.75, 3.05) is 26.9 Å². The first-order valence-electron chi connectivity index (χ1n) is 6.15. The van der Waals surface area contributed by atoms with E-state index in [9.17, 15) is 4.79 Å². The molecule has 0 aromatic rings. The van der Waals surface area contributed by atoms with Crippen molar-refractivity contribution in [3.8, 4) is 0 Å². The van der Waals surface area contributed by atoms with Gasteiger partial charge in [-0.1, -0.05) is 33.6 Å². The quantitative estimate of drug-likeness (QED) is 0.539. The lowest BCUT2D eigenvalue weighted by atomic mass is 10.3. The molecule has 0 aromatic heterocycles. The largest absolute Gasteiger partial charge is 0.381 e. The summed E-state index contributed by atoms with van der Waals surface area (Å²) in [6.07, 6.45) is 3.86. The number of amides is 1. The van der Waals surface area contributed by atoms with E-state index in [-0.39, 0.29) is 12.6 Å². The zero-order chi connectivity index (χ0) is 12.8. The third-order valence-electron chi connectivity index (χ3n) is 1.80. The van der Waals surface area contributed by atoms with Crippen LogP contribution in [0.1, 0.15) is 46.5 Å². The van der Waals surface area contributed by atoms with Crippen LogP contribution in [0.2, 0.25) is 0 Å². The highest BCUT2D eigenvalue weighted by Crippen LogP contribution is 1.92. The summed E-state index contributed by atoms with van der Waals surface area (Å²) >= 11 is 0. The molecule has 0 saturated heterocycles. The molecule has 2 N–H and O–H groups in total. The van der Waals surface area contributed by atoms with Gasteiger partial charge >= 0.3 is 0 Å². The monoisotopic (exact) mass is 232 g/mol. The van der Waals surface area contributed by atoms with Gasteiger partial charge in [0.15, 0.2) is 0 Å². The number of carbonyl (C=O) groups excluding carboxylic acids is 1. The van der Waals surface area contributed by atoms with Crippen LogP contribution in [0.5, 0.6) is 0 Å². The van der Waals surface area contributed by atoms with E-state index >= 15 is 0 Å². The van der Waals surface area contributed by atoms with Gasteiger partial charge in [0.25, 0.3) is 0 Å². The lowest BCUT2D eigenvalue weighted by molar-refractivity contribution is -0.130. The van der Waals surface area contributed by atoms with Crippen LogP contribution < -0.4 is 5.73 Å². The van der Waals surface area contributed by atoms with Crippen molar-refractivity contribution in [2.24, 2.45) is 5.73 Å². The van der Waals surface area contributed by atoms with Gasteiger partial charge in [-0.15, -0.1) is 0 Å². The standard InChI is InChI=1S/C9H20N2O2.C3H8/c1-3-4-6-13-7-5-9(12)11(2)8-10;1-3-2/h3-8,10H2,1-2H3;3H2,1-2H3. The van der Waals surface area contributed by atoms with Gasteiger partial charge in [-0.25, -0.2) is 0 Å². The summed E-state index contributed by atoms with van der Waals surface area (Å²) in [5.74, 6) is 0.0407. The van der Waals surface area contributed by atoms with Gasteiger partial charge in [0.2, 0.25) is 5.91 Å². The van der Waals surface area contributed by atoms with Gasteiger partial charge in [0.05, 0.1) is 19.7 Å². The van der Waals surface area contributed by atoms with Crippen LogP contribution in [0.3, 0.4) is 0 Å². The minimum absolute atomic E-state index is 0.0407. The van der Waals surface area contributed by atoms with Gasteiger partial charge in [0.1, 0.15) is 0 Å². The molecule has 0 atom stereocenters. The fourth-order valence-electron chi connectivity index (χ4n) is 0.801. The molecule has 0 fully saturated rings. The van der Waals surface area contributed by atoms with Crippen LogP contribution in [0, 0.1) is 0 Å². The molecule has 1 amide bonds. The van der Waals surface area contributed by atoms with Crippen LogP contribution in [0.15, 0.2) is 0 Å². The summed E-state index contributed by atoms with van der Waals surface area (Å²) in [5.41, 5.74) is 5.29. The predicted octanol–water partition coefficient (Wildman–Crippen LogP) is 1.98. The minimum atomic E-state index is 0.0407. The number of ether oxygens (including phenoxy) is 1. The van der Waals surface area contributed by atoms with Gasteiger partial charge < -0.3 is 15.4 Å². The molecular formula is C12H28N2O2. The Kier molecular flexibility index (Phi) is 16.0. The smallest absolute Gasteiger partial charge is 0.225 e. The summed E-state index contributed by atoms with van der Waals surface area (Å²) in [5, 5.41) is 0. The highest BCUT2D eigenvalue weighted by atomic mass is 16.5. The normalized spacial score (nSPS) is 9.31. The average Bonchev–Trinajstić information content (AvgIpc) is 2.28. The molecule has 4 heteroatoms. The lowest BCUT2D eigenvalue weighted by Crippen LogP contribution is -2.32. The molecule has 0 radical (unpaired) electrons. The number of hydrogen-bond donors (Lipinski definition) is 1. The van der Waals surface area contributed by atoms with Crippen molar-refractivity contribution in [1.29, 1.82) is 0 Å². The Labute approximate surface area is 100 Å². The molecule has 0 aromatic carbocycles. The van der Waals surface area contributed by atoms with E-state index < -0.39 is 0 Å². The SMILES string of the molecule is CCC.CCCCOCCC(=O)N(C)CN. The maximum absolute atomic E-state index is 11.2. The molecule has 0 aliphatic carbocycles. The second-order valence-electron chi connectivity index (χ2n) is 3.70. The van der Waals surface area contributed by atoms with E-state index in [0.717, 1.165) is 19.4 Å². The van der Waals surface area contributed by atoms with Crippen molar-refractivity contribution in [3.63, 3.8) is 0 Å². The molecule has 0 saturated carbocycles. The molecule has 98 valence electrons. The Hall–Kier alpha value is -0.610. The number of carbonyl (C=O) groups is 1. The van der Waals surface area contributed by atoms with Crippen molar-refractivity contribution in [2.45, 2.75) is 46.5 Å². The van der Waals surface area contributed by atoms with E-state index in [1.807, 2.05) is 0 Å². The maximum Gasteiger partial charge on any atom is 0.225 e. The Bertz CT molecular complexity index is 152. The van der Waals surface area contributed by atoms with Gasteiger partial charge in [-0.3, -0.25) is 4.79 Å². The third-order valence-corrected chi connectivity index (χ3v) is 1.80. The number of hydrogen-bond acceptors (Lipinski definition) is 3. The Morgan fingerprint density at radius 2 is 1.81 bits per heavy atom. The highest BCUT2D eigenvalue weighted by molar-refractivity contribution is 5.75. The Morgan fingerprint density at radius 3 is 2.25 bits per heavy atom. The maximum atomic E-state index is 11.2. The molecule has 0 rings (SSSR count). The summed E-state index contributed by atoms with van der Waals surface area (Å²) in [6, 6.07) is 0. The molecule has 4 nitrogen and oxygen atoms in total. The second-order valence-corrected chi connectivity index (χ2v) is 3.70. The number of unbranched alkanes of at least 4 members (excludes halogenated alkanes) is 1. The predicted molar refractivity (Wildman–Crippen MR) is 68.1 cm³/mol. The number of nitrogens with zero attached hydrogens (tertiary/aromatic N) is 1. The molecule has 0 aliphatic rings. The topological polar surface area (TPSA) is 55.6 Å².